The molecule has 1 aromatic carbocycles. The number of carbonyl (C=O) groups is 1. The Hall–Kier alpha value is -1.16. The molecule has 1 heterocycles. The van der Waals surface area contributed by atoms with Gasteiger partial charge in [0, 0.05) is 13.0 Å². The van der Waals surface area contributed by atoms with E-state index in [9.17, 15) is 4.79 Å². The van der Waals surface area contributed by atoms with E-state index < -0.39 is 0 Å². The van der Waals surface area contributed by atoms with Crippen LogP contribution >= 0.6 is 12.6 Å². The number of thiol groups is 1. The molecule has 1 saturated heterocycles. The number of aryl methyl sites for hydroxylation is 1. The summed E-state index contributed by atoms with van der Waals surface area (Å²) in [6.07, 6.45) is 0.580. The Morgan fingerprint density at radius 3 is 2.88 bits per heavy atom. The number of carbonyl (C=O) groups excluding carboxylic acids is 1. The summed E-state index contributed by atoms with van der Waals surface area (Å²) in [6.45, 7) is 2.72. The molecule has 1 atom stereocenters. The number of amides is 1. The highest BCUT2D eigenvalue weighted by atomic mass is 32.1. The third-order valence-corrected chi connectivity index (χ3v) is 3.45. The maximum atomic E-state index is 11.8. The first-order chi connectivity index (χ1) is 7.61. The average Bonchev–Trinajstić information content (AvgIpc) is 2.60. The SMILES string of the molecule is Cc1ccc(N2CC(CS)CC2=O)c(N)c1. The summed E-state index contributed by atoms with van der Waals surface area (Å²) < 4.78 is 0. The Morgan fingerprint density at radius 1 is 1.56 bits per heavy atom. The molecule has 0 radical (unpaired) electrons. The van der Waals surface area contributed by atoms with Crippen molar-refractivity contribution in [2.45, 2.75) is 13.3 Å². The lowest BCUT2D eigenvalue weighted by atomic mass is 10.1. The Bertz CT molecular complexity index is 419. The van der Waals surface area contributed by atoms with Crippen molar-refractivity contribution in [3.05, 3.63) is 23.8 Å². The highest BCUT2D eigenvalue weighted by Crippen LogP contribution is 2.30. The van der Waals surface area contributed by atoms with E-state index in [-0.39, 0.29) is 5.91 Å². The third-order valence-electron chi connectivity index (χ3n) is 2.94. The Balaban J connectivity index is 2.28. The molecule has 0 saturated carbocycles. The first-order valence-corrected chi connectivity index (χ1v) is 6.02. The highest BCUT2D eigenvalue weighted by Gasteiger charge is 2.30. The zero-order valence-electron chi connectivity index (χ0n) is 9.31. The Morgan fingerprint density at radius 2 is 2.31 bits per heavy atom. The van der Waals surface area contributed by atoms with Crippen molar-refractivity contribution in [3.8, 4) is 0 Å². The van der Waals surface area contributed by atoms with Crippen molar-refractivity contribution in [1.29, 1.82) is 0 Å². The van der Waals surface area contributed by atoms with E-state index in [1.165, 1.54) is 0 Å². The molecule has 1 amide bonds. The van der Waals surface area contributed by atoms with Crippen LogP contribution in [-0.4, -0.2) is 18.2 Å². The van der Waals surface area contributed by atoms with Gasteiger partial charge in [-0.2, -0.15) is 12.6 Å². The minimum atomic E-state index is 0.148. The number of anilines is 2. The molecular formula is C12H16N2OS. The number of nitrogens with zero attached hydrogens (tertiary/aromatic N) is 1. The second-order valence-electron chi connectivity index (χ2n) is 4.32. The quantitative estimate of drug-likeness (QED) is 0.608. The van der Waals surface area contributed by atoms with Gasteiger partial charge in [0.15, 0.2) is 0 Å². The summed E-state index contributed by atoms with van der Waals surface area (Å²) in [7, 11) is 0. The van der Waals surface area contributed by atoms with Gasteiger partial charge in [-0.3, -0.25) is 4.79 Å². The van der Waals surface area contributed by atoms with E-state index in [0.29, 0.717) is 18.0 Å². The fraction of sp³-hybridized carbons (Fsp3) is 0.417. The second kappa shape index (κ2) is 4.37. The monoisotopic (exact) mass is 236 g/mol. The second-order valence-corrected chi connectivity index (χ2v) is 4.68. The minimum Gasteiger partial charge on any atom is -0.397 e. The predicted molar refractivity (Wildman–Crippen MR) is 69.9 cm³/mol. The van der Waals surface area contributed by atoms with Gasteiger partial charge in [-0.1, -0.05) is 6.07 Å². The van der Waals surface area contributed by atoms with Gasteiger partial charge in [-0.15, -0.1) is 0 Å². The topological polar surface area (TPSA) is 46.3 Å². The van der Waals surface area contributed by atoms with Crippen LogP contribution in [0.2, 0.25) is 0 Å². The van der Waals surface area contributed by atoms with Gasteiger partial charge in [0.1, 0.15) is 0 Å². The molecule has 0 aliphatic carbocycles. The number of hydrogen-bond acceptors (Lipinski definition) is 3. The molecule has 4 heteroatoms. The van der Waals surface area contributed by atoms with E-state index in [4.69, 9.17) is 5.73 Å². The fourth-order valence-corrected chi connectivity index (χ4v) is 2.30. The lowest BCUT2D eigenvalue weighted by Gasteiger charge is -2.18. The van der Waals surface area contributed by atoms with Crippen LogP contribution in [-0.2, 0) is 4.79 Å². The van der Waals surface area contributed by atoms with Crippen molar-refractivity contribution in [1.82, 2.24) is 0 Å². The molecule has 0 bridgehead atoms. The predicted octanol–water partition coefficient (Wildman–Crippen LogP) is 1.86. The maximum Gasteiger partial charge on any atom is 0.227 e. The first-order valence-electron chi connectivity index (χ1n) is 5.39. The number of rotatable bonds is 2. The molecule has 2 rings (SSSR count). The van der Waals surface area contributed by atoms with Crippen molar-refractivity contribution >= 4 is 29.9 Å². The molecule has 86 valence electrons. The van der Waals surface area contributed by atoms with Crippen LogP contribution in [0.4, 0.5) is 11.4 Å². The van der Waals surface area contributed by atoms with Gasteiger partial charge in [-0.05, 0) is 36.3 Å². The van der Waals surface area contributed by atoms with Gasteiger partial charge in [-0.25, -0.2) is 0 Å². The first kappa shape index (κ1) is 11.3. The van der Waals surface area contributed by atoms with Crippen LogP contribution in [0.1, 0.15) is 12.0 Å². The fourth-order valence-electron chi connectivity index (χ4n) is 2.06. The Kier molecular flexibility index (Phi) is 3.10. The molecule has 16 heavy (non-hydrogen) atoms. The summed E-state index contributed by atoms with van der Waals surface area (Å²) in [4.78, 5) is 13.6. The van der Waals surface area contributed by atoms with Gasteiger partial charge in [0.05, 0.1) is 11.4 Å². The summed E-state index contributed by atoms with van der Waals surface area (Å²) in [5.41, 5.74) is 8.55. The van der Waals surface area contributed by atoms with Gasteiger partial charge in [0.2, 0.25) is 5.91 Å². The summed E-state index contributed by atoms with van der Waals surface area (Å²) in [5.74, 6) is 1.24. The van der Waals surface area contributed by atoms with E-state index in [1.807, 2.05) is 25.1 Å². The molecule has 1 aliphatic rings. The third kappa shape index (κ3) is 2.02. The van der Waals surface area contributed by atoms with Gasteiger partial charge < -0.3 is 10.6 Å². The van der Waals surface area contributed by atoms with Crippen molar-refractivity contribution in [2.24, 2.45) is 5.92 Å². The molecule has 2 N–H and O–H groups in total. The molecular weight excluding hydrogens is 220 g/mol. The average molecular weight is 236 g/mol. The van der Waals surface area contributed by atoms with Crippen LogP contribution in [0.3, 0.4) is 0 Å². The number of hydrogen-bond donors (Lipinski definition) is 2. The number of nitrogens with two attached hydrogens (primary N) is 1. The molecule has 0 spiro atoms. The van der Waals surface area contributed by atoms with Crippen LogP contribution in [0.25, 0.3) is 0 Å². The lowest BCUT2D eigenvalue weighted by Crippen LogP contribution is -2.25. The standard InChI is InChI=1S/C12H16N2OS/c1-8-2-3-11(10(13)4-8)14-6-9(7-16)5-12(14)15/h2-4,9,16H,5-7,13H2,1H3. The summed E-state index contributed by atoms with van der Waals surface area (Å²) in [5, 5.41) is 0. The van der Waals surface area contributed by atoms with Gasteiger partial charge in [0.25, 0.3) is 0 Å². The minimum absolute atomic E-state index is 0.148. The number of nitrogen functional groups attached to an aromatic ring is 1. The van der Waals surface area contributed by atoms with Crippen LogP contribution < -0.4 is 10.6 Å². The molecule has 1 aliphatic heterocycles. The van der Waals surface area contributed by atoms with Crippen molar-refractivity contribution in [2.75, 3.05) is 22.9 Å². The molecule has 3 nitrogen and oxygen atoms in total. The zero-order valence-corrected chi connectivity index (χ0v) is 10.2. The highest BCUT2D eigenvalue weighted by molar-refractivity contribution is 7.80. The van der Waals surface area contributed by atoms with Crippen LogP contribution in [0.5, 0.6) is 0 Å². The van der Waals surface area contributed by atoms with Gasteiger partial charge >= 0.3 is 0 Å². The van der Waals surface area contributed by atoms with Crippen molar-refractivity contribution < 1.29 is 4.79 Å². The lowest BCUT2D eigenvalue weighted by molar-refractivity contribution is -0.117. The Labute approximate surface area is 101 Å². The van der Waals surface area contributed by atoms with E-state index >= 15 is 0 Å². The molecule has 1 unspecified atom stereocenters. The number of benzene rings is 1. The summed E-state index contributed by atoms with van der Waals surface area (Å²) in [6, 6.07) is 5.80. The smallest absolute Gasteiger partial charge is 0.227 e. The van der Waals surface area contributed by atoms with E-state index in [1.54, 1.807) is 4.90 Å². The largest absolute Gasteiger partial charge is 0.397 e. The maximum absolute atomic E-state index is 11.8. The van der Waals surface area contributed by atoms with E-state index in [0.717, 1.165) is 23.5 Å². The van der Waals surface area contributed by atoms with Crippen LogP contribution in [0, 0.1) is 12.8 Å². The normalized spacial score (nSPS) is 20.5. The van der Waals surface area contributed by atoms with E-state index in [2.05, 4.69) is 12.6 Å². The molecule has 1 aromatic rings. The zero-order chi connectivity index (χ0) is 11.7. The summed E-state index contributed by atoms with van der Waals surface area (Å²) >= 11 is 4.24. The molecule has 1 fully saturated rings. The van der Waals surface area contributed by atoms with Crippen LogP contribution in [0.15, 0.2) is 18.2 Å². The molecule has 0 aromatic heterocycles. The van der Waals surface area contributed by atoms with Crippen molar-refractivity contribution in [3.63, 3.8) is 0 Å².